The van der Waals surface area contributed by atoms with E-state index in [0.29, 0.717) is 11.5 Å². The summed E-state index contributed by atoms with van der Waals surface area (Å²) in [5.41, 5.74) is 7.21. The summed E-state index contributed by atoms with van der Waals surface area (Å²) in [4.78, 5) is 20.0. The van der Waals surface area contributed by atoms with E-state index in [1.807, 2.05) is 18.2 Å². The average Bonchev–Trinajstić information content (AvgIpc) is 2.37. The molecule has 5 nitrogen and oxygen atoms in total. The Hall–Kier alpha value is -2.43. The van der Waals surface area contributed by atoms with Crippen molar-refractivity contribution in [3.63, 3.8) is 0 Å². The third-order valence-electron chi connectivity index (χ3n) is 4.29. The summed E-state index contributed by atoms with van der Waals surface area (Å²) in [5, 5.41) is 9.17. The van der Waals surface area contributed by atoms with E-state index in [0.717, 1.165) is 24.8 Å². The lowest BCUT2D eigenvalue weighted by molar-refractivity contribution is 0.0696. The minimum atomic E-state index is -1.08. The Bertz CT molecular complexity index is 671. The van der Waals surface area contributed by atoms with Gasteiger partial charge in [-0.05, 0) is 25.3 Å². The molecule has 1 aromatic carbocycles. The van der Waals surface area contributed by atoms with Gasteiger partial charge in [0, 0.05) is 0 Å². The predicted molar refractivity (Wildman–Crippen MR) is 79.2 cm³/mol. The van der Waals surface area contributed by atoms with E-state index in [-0.39, 0.29) is 16.8 Å². The van der Waals surface area contributed by atoms with Crippen LogP contribution in [-0.2, 0) is 5.41 Å². The molecule has 1 aliphatic carbocycles. The molecule has 0 amide bonds. The van der Waals surface area contributed by atoms with Crippen molar-refractivity contribution in [2.75, 3.05) is 5.73 Å². The molecule has 108 valence electrons. The quantitative estimate of drug-likeness (QED) is 0.903. The number of nitrogens with two attached hydrogens (primary N) is 1. The number of hydrogen-bond acceptors (Lipinski definition) is 4. The summed E-state index contributed by atoms with van der Waals surface area (Å²) < 4.78 is 0. The highest BCUT2D eigenvalue weighted by atomic mass is 16.4. The van der Waals surface area contributed by atoms with E-state index in [9.17, 15) is 4.79 Å². The van der Waals surface area contributed by atoms with E-state index in [1.165, 1.54) is 0 Å². The molecule has 1 heterocycles. The van der Waals surface area contributed by atoms with Crippen molar-refractivity contribution in [2.45, 2.75) is 31.6 Å². The largest absolute Gasteiger partial charge is 0.477 e. The van der Waals surface area contributed by atoms with Gasteiger partial charge in [0.05, 0.1) is 11.1 Å². The zero-order valence-corrected chi connectivity index (χ0v) is 11.8. The lowest BCUT2D eigenvalue weighted by atomic mass is 9.64. The molecular weight excluding hydrogens is 266 g/mol. The fourth-order valence-electron chi connectivity index (χ4n) is 3.00. The van der Waals surface area contributed by atoms with E-state index in [4.69, 9.17) is 10.8 Å². The first-order valence-corrected chi connectivity index (χ1v) is 6.98. The van der Waals surface area contributed by atoms with Gasteiger partial charge in [-0.2, -0.15) is 0 Å². The molecule has 3 N–H and O–H groups in total. The van der Waals surface area contributed by atoms with Gasteiger partial charge in [-0.15, -0.1) is 0 Å². The number of hydrogen-bond donors (Lipinski definition) is 2. The Labute approximate surface area is 122 Å². The third-order valence-corrected chi connectivity index (χ3v) is 4.29. The van der Waals surface area contributed by atoms with E-state index < -0.39 is 5.97 Å². The average molecular weight is 283 g/mol. The minimum absolute atomic E-state index is 0.00119. The molecule has 21 heavy (non-hydrogen) atoms. The first-order valence-electron chi connectivity index (χ1n) is 6.98. The third kappa shape index (κ3) is 2.05. The van der Waals surface area contributed by atoms with E-state index in [1.54, 1.807) is 6.92 Å². The lowest BCUT2D eigenvalue weighted by Crippen LogP contribution is -2.38. The summed E-state index contributed by atoms with van der Waals surface area (Å²) in [6, 6.07) is 10.1. The zero-order chi connectivity index (χ0) is 15.0. The van der Waals surface area contributed by atoms with Crippen molar-refractivity contribution in [3.05, 3.63) is 53.0 Å². The molecule has 3 rings (SSSR count). The van der Waals surface area contributed by atoms with Crippen LogP contribution in [0.1, 0.15) is 46.7 Å². The molecule has 0 radical (unpaired) electrons. The Kier molecular flexibility index (Phi) is 3.12. The first kappa shape index (κ1) is 13.5. The maximum Gasteiger partial charge on any atom is 0.341 e. The van der Waals surface area contributed by atoms with Crippen molar-refractivity contribution < 1.29 is 9.90 Å². The summed E-state index contributed by atoms with van der Waals surface area (Å²) in [7, 11) is 0. The fraction of sp³-hybridized carbons (Fsp3) is 0.312. The number of carboxylic acid groups (broad SMARTS) is 1. The Balaban J connectivity index is 2.13. The summed E-state index contributed by atoms with van der Waals surface area (Å²) in [6.07, 6.45) is 3.03. The van der Waals surface area contributed by atoms with Crippen LogP contribution in [-0.4, -0.2) is 21.0 Å². The number of aromatic nitrogens is 2. The number of rotatable bonds is 3. The standard InChI is InChI=1S/C16H17N3O2/c1-10-12(14(20)21)13(17)19-15(18-10)16(8-5-9-16)11-6-3-2-4-7-11/h2-4,6-7H,5,8-9H2,1H3,(H,20,21)(H2,17,18,19). The van der Waals surface area contributed by atoms with Gasteiger partial charge >= 0.3 is 5.97 Å². The molecule has 0 saturated heterocycles. The van der Waals surface area contributed by atoms with Crippen LogP contribution < -0.4 is 5.73 Å². The van der Waals surface area contributed by atoms with Crippen LogP contribution in [0.5, 0.6) is 0 Å². The number of nitrogens with zero attached hydrogens (tertiary/aromatic N) is 2. The second-order valence-corrected chi connectivity index (χ2v) is 5.50. The predicted octanol–water partition coefficient (Wildman–Crippen LogP) is 2.54. The molecule has 1 fully saturated rings. The molecule has 0 unspecified atom stereocenters. The lowest BCUT2D eigenvalue weighted by Gasteiger charge is -2.41. The number of benzene rings is 1. The van der Waals surface area contributed by atoms with E-state index in [2.05, 4.69) is 22.1 Å². The molecule has 1 saturated carbocycles. The molecule has 5 heteroatoms. The number of nitrogen functional groups attached to an aromatic ring is 1. The van der Waals surface area contributed by atoms with Crippen molar-refractivity contribution in [3.8, 4) is 0 Å². The minimum Gasteiger partial charge on any atom is -0.477 e. The number of anilines is 1. The van der Waals surface area contributed by atoms with Crippen molar-refractivity contribution in [1.29, 1.82) is 0 Å². The SMILES string of the molecule is Cc1nc(C2(c3ccccc3)CCC2)nc(N)c1C(=O)O. The summed E-state index contributed by atoms with van der Waals surface area (Å²) in [5.74, 6) is -0.397. The van der Waals surface area contributed by atoms with Gasteiger partial charge < -0.3 is 10.8 Å². The van der Waals surface area contributed by atoms with Crippen molar-refractivity contribution in [1.82, 2.24) is 9.97 Å². The second kappa shape index (κ2) is 4.84. The van der Waals surface area contributed by atoms with Crippen molar-refractivity contribution >= 4 is 11.8 Å². The molecule has 0 atom stereocenters. The molecule has 1 aliphatic rings. The normalized spacial score (nSPS) is 16.2. The van der Waals surface area contributed by atoms with Crippen LogP contribution in [0.15, 0.2) is 30.3 Å². The topological polar surface area (TPSA) is 89.1 Å². The van der Waals surface area contributed by atoms with Crippen LogP contribution >= 0.6 is 0 Å². The highest BCUT2D eigenvalue weighted by Crippen LogP contribution is 2.47. The van der Waals surface area contributed by atoms with Crippen LogP contribution in [0.2, 0.25) is 0 Å². The first-order chi connectivity index (χ1) is 10.0. The van der Waals surface area contributed by atoms with Crippen LogP contribution in [0.4, 0.5) is 5.82 Å². The number of carboxylic acids is 1. The van der Waals surface area contributed by atoms with Gasteiger partial charge in [0.2, 0.25) is 0 Å². The Morgan fingerprint density at radius 1 is 1.24 bits per heavy atom. The molecule has 1 aromatic heterocycles. The van der Waals surface area contributed by atoms with Gasteiger partial charge in [-0.1, -0.05) is 36.8 Å². The molecule has 0 aliphatic heterocycles. The Morgan fingerprint density at radius 2 is 1.90 bits per heavy atom. The van der Waals surface area contributed by atoms with Crippen LogP contribution in [0.3, 0.4) is 0 Å². The number of carbonyl (C=O) groups is 1. The second-order valence-electron chi connectivity index (χ2n) is 5.50. The van der Waals surface area contributed by atoms with Gasteiger partial charge in [-0.25, -0.2) is 14.8 Å². The monoisotopic (exact) mass is 283 g/mol. The van der Waals surface area contributed by atoms with Crippen LogP contribution in [0, 0.1) is 6.92 Å². The zero-order valence-electron chi connectivity index (χ0n) is 11.8. The molecule has 2 aromatic rings. The highest BCUT2D eigenvalue weighted by Gasteiger charge is 2.43. The van der Waals surface area contributed by atoms with Crippen molar-refractivity contribution in [2.24, 2.45) is 0 Å². The number of aromatic carboxylic acids is 1. The smallest absolute Gasteiger partial charge is 0.341 e. The highest BCUT2D eigenvalue weighted by molar-refractivity contribution is 5.93. The van der Waals surface area contributed by atoms with E-state index >= 15 is 0 Å². The van der Waals surface area contributed by atoms with Gasteiger partial charge in [0.1, 0.15) is 17.2 Å². The number of aryl methyl sites for hydroxylation is 1. The maximum atomic E-state index is 11.2. The maximum absolute atomic E-state index is 11.2. The van der Waals surface area contributed by atoms with Crippen LogP contribution in [0.25, 0.3) is 0 Å². The Morgan fingerprint density at radius 3 is 2.38 bits per heavy atom. The molecule has 0 spiro atoms. The summed E-state index contributed by atoms with van der Waals surface area (Å²) in [6.45, 7) is 1.67. The molecule has 0 bridgehead atoms. The summed E-state index contributed by atoms with van der Waals surface area (Å²) >= 11 is 0. The molecular formula is C16H17N3O2. The fourth-order valence-corrected chi connectivity index (χ4v) is 3.00. The van der Waals surface area contributed by atoms with Gasteiger partial charge in [0.25, 0.3) is 0 Å². The van der Waals surface area contributed by atoms with Gasteiger partial charge in [0.15, 0.2) is 0 Å². The van der Waals surface area contributed by atoms with Gasteiger partial charge in [-0.3, -0.25) is 0 Å².